The van der Waals surface area contributed by atoms with Crippen LogP contribution in [-0.2, 0) is 19.5 Å². The van der Waals surface area contributed by atoms with Gasteiger partial charge in [0.25, 0.3) is 0 Å². The molecule has 0 radical (unpaired) electrons. The fraction of sp³-hybridized carbons (Fsp3) is 0.591. The minimum atomic E-state index is -3.33. The van der Waals surface area contributed by atoms with Gasteiger partial charge in [-0.05, 0) is 0 Å². The molecule has 0 spiro atoms. The molecule has 1 atom stereocenters. The zero-order chi connectivity index (χ0) is 19.8. The molecule has 1 unspecified atom stereocenters. The molecule has 1 aromatic carbocycles. The van der Waals surface area contributed by atoms with Gasteiger partial charge in [-0.15, -0.1) is 24.8 Å². The Hall–Kier alpha value is 0.261. The van der Waals surface area contributed by atoms with Crippen LogP contribution in [0.1, 0.15) is 49.5 Å². The molecule has 1 aromatic rings. The van der Waals surface area contributed by atoms with E-state index in [2.05, 4.69) is 86.7 Å². The Labute approximate surface area is 187 Å². The Morgan fingerprint density at radius 3 is 2.25 bits per heavy atom. The molecular weight excluding hydrogens is 441 g/mol. The summed E-state index contributed by atoms with van der Waals surface area (Å²) in [6.07, 6.45) is 3.47. The van der Waals surface area contributed by atoms with Crippen LogP contribution in [0.15, 0.2) is 29.8 Å². The van der Waals surface area contributed by atoms with Gasteiger partial charge in [-0.1, -0.05) is 0 Å². The van der Waals surface area contributed by atoms with Gasteiger partial charge < -0.3 is 0 Å². The molecule has 1 aliphatic carbocycles. The fourth-order valence-electron chi connectivity index (χ4n) is 4.94. The van der Waals surface area contributed by atoms with E-state index in [1.165, 1.54) is 16.7 Å². The summed E-state index contributed by atoms with van der Waals surface area (Å²) in [7, 11) is -1.46. The maximum atomic E-state index is 6.16. The molecule has 1 aliphatic rings. The summed E-state index contributed by atoms with van der Waals surface area (Å²) in [5.41, 5.74) is 4.39. The standard InChI is InChI=1S/C10H9.C6H15OSi.C4H10N.CH3.CH2.2ClH.Ti/c1-8-6-9-4-2-3-5-10(9)7-8;1-5-6-7-8(2,3)4;1-4(2,3)5;;;;;/h2-7H,1H3;1,5-6H2,2-4H3;5H,1-3H3;1H3;1H2;2*1H;/q;;-1;;;;;+1. The molecule has 28 heavy (non-hydrogen) atoms. The number of benzene rings is 1. The summed E-state index contributed by atoms with van der Waals surface area (Å²) in [6.45, 7) is 16.8. The Morgan fingerprint density at radius 2 is 1.71 bits per heavy atom. The zero-order valence-electron chi connectivity index (χ0n) is 19.0. The first-order chi connectivity index (χ1) is 11.7. The van der Waals surface area contributed by atoms with Crippen molar-refractivity contribution in [3.05, 3.63) is 41.0 Å². The van der Waals surface area contributed by atoms with E-state index < -0.39 is 23.4 Å². The minimum absolute atomic E-state index is 0. The van der Waals surface area contributed by atoms with Gasteiger partial charge in [0.2, 0.25) is 0 Å². The van der Waals surface area contributed by atoms with Crippen LogP contribution >= 0.6 is 24.8 Å². The van der Waals surface area contributed by atoms with Gasteiger partial charge in [0.05, 0.1) is 0 Å². The monoisotopic (exact) mass is 481 g/mol. The molecule has 0 saturated heterocycles. The summed E-state index contributed by atoms with van der Waals surface area (Å²) in [4.78, 5) is 5.05. The summed E-state index contributed by atoms with van der Waals surface area (Å²) in [5, 5.41) is 2.50. The third-order valence-electron chi connectivity index (χ3n) is 5.29. The van der Waals surface area contributed by atoms with E-state index in [4.69, 9.17) is 9.24 Å². The van der Waals surface area contributed by atoms with Crippen molar-refractivity contribution in [1.29, 1.82) is 0 Å². The van der Waals surface area contributed by atoms with Crippen LogP contribution in [0.4, 0.5) is 0 Å². The predicted octanol–water partition coefficient (Wildman–Crippen LogP) is 7.12. The molecule has 0 heterocycles. The van der Waals surface area contributed by atoms with Crippen LogP contribution < -0.4 is 3.80 Å². The van der Waals surface area contributed by atoms with Gasteiger partial charge in [-0.3, -0.25) is 0 Å². The van der Waals surface area contributed by atoms with Crippen LogP contribution in [0.2, 0.25) is 29.6 Å². The molecule has 0 aromatic heterocycles. The SMILES string of the molecule is Cl.Cl.[CH2]=[Ti]([CH3])([CH2]CCO[Si](C)(C)C)([NH]C(C)(C)C)[CH]1C(C)=Cc2ccccc21. The first-order valence-electron chi connectivity index (χ1n) is 9.97. The van der Waals surface area contributed by atoms with Gasteiger partial charge in [0, 0.05) is 0 Å². The fourth-order valence-corrected chi connectivity index (χ4v) is 15.9. The van der Waals surface area contributed by atoms with Gasteiger partial charge >= 0.3 is 164 Å². The molecular formula is C22H41Cl2NOSiTi. The third kappa shape index (κ3) is 7.19. The van der Waals surface area contributed by atoms with Crippen molar-refractivity contribution in [2.75, 3.05) is 6.61 Å². The molecule has 1 N–H and O–H groups in total. The second-order valence-corrected chi connectivity index (χ2v) is 24.9. The Morgan fingerprint density at radius 1 is 1.14 bits per heavy atom. The number of nitrogens with one attached hydrogen (secondary N) is 1. The van der Waals surface area contributed by atoms with Gasteiger partial charge in [0.1, 0.15) is 0 Å². The van der Waals surface area contributed by atoms with Gasteiger partial charge in [-0.2, -0.15) is 0 Å². The second-order valence-electron chi connectivity index (χ2n) is 10.8. The predicted molar refractivity (Wildman–Crippen MR) is 132 cm³/mol. The summed E-state index contributed by atoms with van der Waals surface area (Å²) in [6, 6.07) is 8.88. The van der Waals surface area contributed by atoms with Crippen molar-refractivity contribution in [3.8, 4) is 0 Å². The molecule has 162 valence electrons. The zero-order valence-corrected chi connectivity index (χ0v) is 23.2. The normalized spacial score (nSPS) is 17.3. The first kappa shape index (κ1) is 28.3. The number of rotatable bonds is 7. The summed E-state index contributed by atoms with van der Waals surface area (Å²) < 4.78 is 11.9. The summed E-state index contributed by atoms with van der Waals surface area (Å²) in [5.74, 6) is 0. The van der Waals surface area contributed by atoms with Crippen molar-refractivity contribution in [3.63, 3.8) is 0 Å². The van der Waals surface area contributed by atoms with E-state index in [-0.39, 0.29) is 30.4 Å². The Kier molecular flexibility index (Phi) is 9.69. The maximum absolute atomic E-state index is 6.16. The Balaban J connectivity index is 0.00000364. The van der Waals surface area contributed by atoms with E-state index in [1.54, 1.807) is 0 Å². The quantitative estimate of drug-likeness (QED) is 0.330. The average molecular weight is 482 g/mol. The van der Waals surface area contributed by atoms with E-state index in [1.807, 2.05) is 0 Å². The third-order valence-corrected chi connectivity index (χ3v) is 15.2. The number of halogens is 2. The molecule has 0 aliphatic heterocycles. The molecule has 2 rings (SSSR count). The van der Waals surface area contributed by atoms with Gasteiger partial charge in [-0.25, -0.2) is 0 Å². The van der Waals surface area contributed by atoms with Crippen LogP contribution in [0.5, 0.6) is 0 Å². The topological polar surface area (TPSA) is 21.3 Å². The molecule has 0 saturated carbocycles. The van der Waals surface area contributed by atoms with Gasteiger partial charge in [0.15, 0.2) is 0 Å². The number of fused-ring (bicyclic) bond motifs is 1. The first-order valence-corrected chi connectivity index (χ1v) is 18.8. The molecule has 2 nitrogen and oxygen atoms in total. The van der Waals surface area contributed by atoms with Crippen LogP contribution in [0, 0.1) is 0 Å². The van der Waals surface area contributed by atoms with Crippen molar-refractivity contribution in [1.82, 2.24) is 3.80 Å². The van der Waals surface area contributed by atoms with Crippen molar-refractivity contribution in [2.45, 2.75) is 73.5 Å². The van der Waals surface area contributed by atoms with Crippen molar-refractivity contribution >= 4 is 44.0 Å². The molecule has 6 heteroatoms. The van der Waals surface area contributed by atoms with E-state index in [0.29, 0.717) is 4.22 Å². The van der Waals surface area contributed by atoms with E-state index in [9.17, 15) is 0 Å². The molecule has 0 amide bonds. The summed E-state index contributed by atoms with van der Waals surface area (Å²) >= 11 is -3.33. The molecule has 0 fully saturated rings. The van der Waals surface area contributed by atoms with Crippen LogP contribution in [0.3, 0.4) is 0 Å². The van der Waals surface area contributed by atoms with Crippen LogP contribution in [-0.4, -0.2) is 25.3 Å². The average Bonchev–Trinajstić information content (AvgIpc) is 2.77. The number of hydrogen-bond donors (Lipinski definition) is 1. The van der Waals surface area contributed by atoms with E-state index in [0.717, 1.165) is 17.8 Å². The second kappa shape index (κ2) is 9.60. The van der Waals surface area contributed by atoms with Crippen molar-refractivity contribution in [2.24, 2.45) is 0 Å². The molecule has 0 bridgehead atoms. The Bertz CT molecular complexity index is 765. The number of hydrogen-bond acceptors (Lipinski definition) is 2. The van der Waals surface area contributed by atoms with E-state index >= 15 is 0 Å². The number of allylic oxidation sites excluding steroid dienone is 1. The van der Waals surface area contributed by atoms with Crippen molar-refractivity contribution < 1.29 is 19.5 Å². The van der Waals surface area contributed by atoms with Crippen LogP contribution in [0.25, 0.3) is 6.08 Å².